The van der Waals surface area contributed by atoms with Gasteiger partial charge in [-0.3, -0.25) is 4.57 Å². The molecule has 1 fully saturated rings. The van der Waals surface area contributed by atoms with E-state index in [1.165, 1.54) is 12.8 Å². The number of fused-ring (bicyclic) bond motifs is 1. The lowest BCUT2D eigenvalue weighted by molar-refractivity contribution is 0.00904. The highest BCUT2D eigenvalue weighted by molar-refractivity contribution is 5.74. The van der Waals surface area contributed by atoms with Crippen molar-refractivity contribution in [1.82, 2.24) is 14.5 Å². The molecule has 0 saturated carbocycles. The third-order valence-corrected chi connectivity index (χ3v) is 3.75. The van der Waals surface area contributed by atoms with Crippen LogP contribution in [0.2, 0.25) is 0 Å². The lowest BCUT2D eigenvalue weighted by Crippen LogP contribution is -2.21. The number of rotatable bonds is 4. The Labute approximate surface area is 117 Å². The zero-order chi connectivity index (χ0) is 13.9. The smallest absolute Gasteiger partial charge is 0.215 e. The monoisotopic (exact) mass is 276 g/mol. The van der Waals surface area contributed by atoms with Crippen molar-refractivity contribution in [3.05, 3.63) is 12.1 Å². The Morgan fingerprint density at radius 1 is 1.40 bits per heavy atom. The molecule has 108 valence electrons. The topological polar surface area (TPSA) is 75.2 Å². The predicted octanol–water partition coefficient (Wildman–Crippen LogP) is 1.98. The minimum atomic E-state index is 0.325. The molecule has 6 nitrogen and oxygen atoms in total. The summed E-state index contributed by atoms with van der Waals surface area (Å²) >= 11 is 0. The van der Waals surface area contributed by atoms with Gasteiger partial charge in [0.1, 0.15) is 5.52 Å². The standard InChI is InChI=1S/C14H20N4O2/c1-19-12-6-5-11-13(17-12)18(14(15)16-11)8-7-10-4-2-3-9-20-10/h5-6,10H,2-4,7-9H2,1H3,(H2,15,16). The van der Waals surface area contributed by atoms with Gasteiger partial charge in [0.05, 0.1) is 13.2 Å². The molecule has 6 heteroatoms. The molecule has 0 bridgehead atoms. The molecule has 20 heavy (non-hydrogen) atoms. The zero-order valence-electron chi connectivity index (χ0n) is 11.7. The lowest BCUT2D eigenvalue weighted by atomic mass is 10.1. The summed E-state index contributed by atoms with van der Waals surface area (Å²) in [6.45, 7) is 1.64. The van der Waals surface area contributed by atoms with Crippen molar-refractivity contribution in [1.29, 1.82) is 0 Å². The number of hydrogen-bond donors (Lipinski definition) is 1. The van der Waals surface area contributed by atoms with Crippen LogP contribution in [0.3, 0.4) is 0 Å². The summed E-state index contributed by atoms with van der Waals surface area (Å²) in [5, 5.41) is 0. The van der Waals surface area contributed by atoms with Gasteiger partial charge in [-0.25, -0.2) is 4.98 Å². The van der Waals surface area contributed by atoms with Crippen LogP contribution in [0.1, 0.15) is 25.7 Å². The van der Waals surface area contributed by atoms with Gasteiger partial charge in [0.15, 0.2) is 5.65 Å². The van der Waals surface area contributed by atoms with Gasteiger partial charge in [-0.1, -0.05) is 0 Å². The highest BCUT2D eigenvalue weighted by atomic mass is 16.5. The summed E-state index contributed by atoms with van der Waals surface area (Å²) < 4.78 is 12.9. The van der Waals surface area contributed by atoms with E-state index in [2.05, 4.69) is 9.97 Å². The Bertz CT molecular complexity index is 590. The Hall–Kier alpha value is -1.82. The van der Waals surface area contributed by atoms with Gasteiger partial charge in [-0.05, 0) is 31.7 Å². The fraction of sp³-hybridized carbons (Fsp3) is 0.571. The first-order chi connectivity index (χ1) is 9.78. The maximum atomic E-state index is 5.99. The van der Waals surface area contributed by atoms with Gasteiger partial charge in [-0.2, -0.15) is 4.98 Å². The van der Waals surface area contributed by atoms with Crippen LogP contribution in [-0.4, -0.2) is 34.4 Å². The SMILES string of the molecule is COc1ccc2nc(N)n(CCC3CCCCO3)c2n1. The van der Waals surface area contributed by atoms with Gasteiger partial charge in [-0.15, -0.1) is 0 Å². The quantitative estimate of drug-likeness (QED) is 0.924. The van der Waals surface area contributed by atoms with Gasteiger partial charge in [0, 0.05) is 19.2 Å². The molecule has 2 N–H and O–H groups in total. The number of nitrogens with zero attached hydrogens (tertiary/aromatic N) is 3. The Morgan fingerprint density at radius 3 is 3.05 bits per heavy atom. The molecule has 0 amide bonds. The summed E-state index contributed by atoms with van der Waals surface area (Å²) in [6, 6.07) is 3.68. The predicted molar refractivity (Wildman–Crippen MR) is 76.7 cm³/mol. The fourth-order valence-electron chi connectivity index (χ4n) is 2.64. The first-order valence-electron chi connectivity index (χ1n) is 7.06. The summed E-state index contributed by atoms with van der Waals surface area (Å²) in [5.41, 5.74) is 7.57. The molecular weight excluding hydrogens is 256 g/mol. The average molecular weight is 276 g/mol. The van der Waals surface area contributed by atoms with Crippen LogP contribution in [0.25, 0.3) is 11.2 Å². The molecule has 0 aromatic carbocycles. The van der Waals surface area contributed by atoms with E-state index in [1.54, 1.807) is 13.2 Å². The van der Waals surface area contributed by atoms with E-state index in [0.717, 1.165) is 37.2 Å². The highest BCUT2D eigenvalue weighted by Gasteiger charge is 2.16. The summed E-state index contributed by atoms with van der Waals surface area (Å²) in [6.07, 6.45) is 4.81. The number of methoxy groups -OCH3 is 1. The van der Waals surface area contributed by atoms with E-state index >= 15 is 0 Å². The molecule has 0 radical (unpaired) electrons. The highest BCUT2D eigenvalue weighted by Crippen LogP contribution is 2.22. The normalized spacial score (nSPS) is 19.4. The third kappa shape index (κ3) is 2.56. The van der Waals surface area contributed by atoms with Crippen LogP contribution in [0.5, 0.6) is 5.88 Å². The molecule has 1 saturated heterocycles. The number of ether oxygens (including phenoxy) is 2. The number of anilines is 1. The molecular formula is C14H20N4O2. The molecule has 0 aliphatic carbocycles. The van der Waals surface area contributed by atoms with Crippen LogP contribution in [0.4, 0.5) is 5.95 Å². The molecule has 0 spiro atoms. The molecule has 3 heterocycles. The number of pyridine rings is 1. The Balaban J connectivity index is 1.80. The first kappa shape index (κ1) is 13.2. The van der Waals surface area contributed by atoms with Crippen molar-refractivity contribution < 1.29 is 9.47 Å². The van der Waals surface area contributed by atoms with Crippen molar-refractivity contribution in [2.75, 3.05) is 19.5 Å². The summed E-state index contributed by atoms with van der Waals surface area (Å²) in [7, 11) is 1.61. The van der Waals surface area contributed by atoms with Gasteiger partial charge < -0.3 is 15.2 Å². The molecule has 1 aliphatic heterocycles. The minimum Gasteiger partial charge on any atom is -0.481 e. The maximum absolute atomic E-state index is 5.99. The van der Waals surface area contributed by atoms with E-state index in [0.29, 0.717) is 17.9 Å². The number of aryl methyl sites for hydroxylation is 1. The van der Waals surface area contributed by atoms with Crippen LogP contribution in [-0.2, 0) is 11.3 Å². The van der Waals surface area contributed by atoms with Crippen molar-refractivity contribution in [3.63, 3.8) is 0 Å². The van der Waals surface area contributed by atoms with Crippen LogP contribution in [0.15, 0.2) is 12.1 Å². The Morgan fingerprint density at radius 2 is 2.30 bits per heavy atom. The fourth-order valence-corrected chi connectivity index (χ4v) is 2.64. The number of aromatic nitrogens is 3. The number of imidazole rings is 1. The molecule has 2 aromatic heterocycles. The second kappa shape index (κ2) is 5.66. The lowest BCUT2D eigenvalue weighted by Gasteiger charge is -2.22. The summed E-state index contributed by atoms with van der Waals surface area (Å²) in [5.74, 6) is 1.07. The van der Waals surface area contributed by atoms with Crippen LogP contribution >= 0.6 is 0 Å². The summed E-state index contributed by atoms with van der Waals surface area (Å²) in [4.78, 5) is 8.77. The van der Waals surface area contributed by atoms with E-state index in [-0.39, 0.29) is 0 Å². The molecule has 3 rings (SSSR count). The van der Waals surface area contributed by atoms with Gasteiger partial charge in [0.25, 0.3) is 0 Å². The van der Waals surface area contributed by atoms with E-state index in [1.807, 2.05) is 10.6 Å². The van der Waals surface area contributed by atoms with Crippen LogP contribution < -0.4 is 10.5 Å². The average Bonchev–Trinajstić information content (AvgIpc) is 2.80. The van der Waals surface area contributed by atoms with Gasteiger partial charge >= 0.3 is 0 Å². The molecule has 1 aliphatic rings. The third-order valence-electron chi connectivity index (χ3n) is 3.75. The van der Waals surface area contributed by atoms with E-state index in [9.17, 15) is 0 Å². The van der Waals surface area contributed by atoms with Crippen LogP contribution in [0, 0.1) is 0 Å². The van der Waals surface area contributed by atoms with Gasteiger partial charge in [0.2, 0.25) is 11.8 Å². The number of nitrogens with two attached hydrogens (primary N) is 1. The second-order valence-electron chi connectivity index (χ2n) is 5.10. The maximum Gasteiger partial charge on any atom is 0.215 e. The van der Waals surface area contributed by atoms with Crippen molar-refractivity contribution in [2.24, 2.45) is 0 Å². The molecule has 1 atom stereocenters. The minimum absolute atomic E-state index is 0.325. The van der Waals surface area contributed by atoms with E-state index < -0.39 is 0 Å². The van der Waals surface area contributed by atoms with Crippen molar-refractivity contribution in [2.45, 2.75) is 38.3 Å². The molecule has 1 unspecified atom stereocenters. The first-order valence-corrected chi connectivity index (χ1v) is 7.06. The van der Waals surface area contributed by atoms with Crippen molar-refractivity contribution in [3.8, 4) is 5.88 Å². The number of hydrogen-bond acceptors (Lipinski definition) is 5. The largest absolute Gasteiger partial charge is 0.481 e. The van der Waals surface area contributed by atoms with E-state index in [4.69, 9.17) is 15.2 Å². The van der Waals surface area contributed by atoms with Crippen molar-refractivity contribution >= 4 is 17.1 Å². The zero-order valence-corrected chi connectivity index (χ0v) is 11.7. The Kier molecular flexibility index (Phi) is 3.73. The molecule has 2 aromatic rings. The number of nitrogen functional groups attached to an aromatic ring is 1. The second-order valence-corrected chi connectivity index (χ2v) is 5.10.